The highest BCUT2D eigenvalue weighted by Crippen LogP contribution is 2.37. The van der Waals surface area contributed by atoms with Gasteiger partial charge in [0.05, 0.1) is 31.6 Å². The van der Waals surface area contributed by atoms with E-state index in [1.807, 2.05) is 30.3 Å². The van der Waals surface area contributed by atoms with Gasteiger partial charge in [-0.3, -0.25) is 14.4 Å². The predicted octanol–water partition coefficient (Wildman–Crippen LogP) is 3.20. The molecule has 2 amide bonds. The molecule has 4 rings (SSSR count). The minimum atomic E-state index is -0.909. The van der Waals surface area contributed by atoms with Crippen molar-refractivity contribution in [2.45, 2.75) is 44.4 Å². The number of carbonyl (C=O) groups excluding carboxylic acids is 2. The Labute approximate surface area is 231 Å². The van der Waals surface area contributed by atoms with E-state index in [4.69, 9.17) is 19.0 Å². The number of carboxylic acids is 1. The number of amides is 2. The number of methoxy groups -OCH3 is 2. The van der Waals surface area contributed by atoms with Crippen molar-refractivity contribution in [1.29, 1.82) is 0 Å². The fraction of sp³-hybridized carbons (Fsp3) is 0.400. The van der Waals surface area contributed by atoms with Crippen LogP contribution >= 0.6 is 0 Å². The molecular weight excluding hydrogens is 516 g/mol. The Kier molecular flexibility index (Phi) is 8.77. The fourth-order valence-electron chi connectivity index (χ4n) is 5.34. The fourth-order valence-corrected chi connectivity index (χ4v) is 5.34. The van der Waals surface area contributed by atoms with E-state index in [-0.39, 0.29) is 36.8 Å². The summed E-state index contributed by atoms with van der Waals surface area (Å²) in [6.07, 6.45) is 0.982. The van der Waals surface area contributed by atoms with Crippen LogP contribution in [0.25, 0.3) is 11.0 Å². The topological polar surface area (TPSA) is 135 Å². The van der Waals surface area contributed by atoms with Gasteiger partial charge in [0.25, 0.3) is 0 Å². The molecule has 1 saturated heterocycles. The summed E-state index contributed by atoms with van der Waals surface area (Å²) in [6.45, 7) is 2.70. The first-order valence-corrected chi connectivity index (χ1v) is 13.2. The average molecular weight is 551 g/mol. The number of carbonyl (C=O) groups is 3. The smallest absolute Gasteiger partial charge is 0.340 e. The third-order valence-corrected chi connectivity index (χ3v) is 7.70. The van der Waals surface area contributed by atoms with Crippen LogP contribution < -0.4 is 20.4 Å². The van der Waals surface area contributed by atoms with Gasteiger partial charge in [0.15, 0.2) is 11.5 Å². The SMILES string of the molecule is COc1cc2oc(=O)c(CC(=O)N3CCC(C(=O)NCCCC(=O)O)(c4ccccc4)CC3)c(C)c2cc1OC. The van der Waals surface area contributed by atoms with Crippen LogP contribution in [-0.2, 0) is 26.2 Å². The van der Waals surface area contributed by atoms with E-state index in [2.05, 4.69) is 5.32 Å². The van der Waals surface area contributed by atoms with Gasteiger partial charge in [-0.25, -0.2) is 4.79 Å². The Hall–Kier alpha value is -4.34. The van der Waals surface area contributed by atoms with Crippen molar-refractivity contribution in [2.24, 2.45) is 0 Å². The first kappa shape index (κ1) is 28.7. The minimum Gasteiger partial charge on any atom is -0.493 e. The van der Waals surface area contributed by atoms with E-state index in [9.17, 15) is 19.2 Å². The van der Waals surface area contributed by atoms with Crippen molar-refractivity contribution in [2.75, 3.05) is 33.9 Å². The van der Waals surface area contributed by atoms with Crippen molar-refractivity contribution in [3.8, 4) is 11.5 Å². The molecule has 10 nitrogen and oxygen atoms in total. The van der Waals surface area contributed by atoms with Crippen LogP contribution in [0, 0.1) is 6.92 Å². The molecule has 0 unspecified atom stereocenters. The summed E-state index contributed by atoms with van der Waals surface area (Å²) < 4.78 is 16.2. The molecule has 3 aromatic rings. The number of hydrogen-bond acceptors (Lipinski definition) is 7. The molecule has 0 radical (unpaired) electrons. The Morgan fingerprint density at radius 3 is 2.33 bits per heavy atom. The number of piperidine rings is 1. The summed E-state index contributed by atoms with van der Waals surface area (Å²) in [6, 6.07) is 12.8. The summed E-state index contributed by atoms with van der Waals surface area (Å²) in [7, 11) is 3.01. The quantitative estimate of drug-likeness (QED) is 0.290. The van der Waals surface area contributed by atoms with Gasteiger partial charge >= 0.3 is 11.6 Å². The number of ether oxygens (including phenoxy) is 2. The van der Waals surface area contributed by atoms with Crippen molar-refractivity contribution < 1.29 is 33.4 Å². The van der Waals surface area contributed by atoms with E-state index < -0.39 is 17.0 Å². The highest BCUT2D eigenvalue weighted by atomic mass is 16.5. The Morgan fingerprint density at radius 2 is 1.70 bits per heavy atom. The first-order valence-electron chi connectivity index (χ1n) is 13.2. The zero-order chi connectivity index (χ0) is 28.9. The van der Waals surface area contributed by atoms with E-state index in [0.29, 0.717) is 60.4 Å². The number of aliphatic carboxylic acids is 1. The highest BCUT2D eigenvalue weighted by Gasteiger charge is 2.43. The van der Waals surface area contributed by atoms with Gasteiger partial charge in [0.2, 0.25) is 11.8 Å². The molecule has 0 aliphatic carbocycles. The van der Waals surface area contributed by atoms with E-state index in [0.717, 1.165) is 5.56 Å². The van der Waals surface area contributed by atoms with Crippen molar-refractivity contribution >= 4 is 28.8 Å². The molecule has 0 spiro atoms. The number of hydrogen-bond donors (Lipinski definition) is 2. The molecule has 2 N–H and O–H groups in total. The zero-order valence-corrected chi connectivity index (χ0v) is 23.0. The van der Waals surface area contributed by atoms with Gasteiger partial charge in [0, 0.05) is 37.5 Å². The standard InChI is InChI=1S/C30H34N2O8/c1-19-21-16-24(38-2)25(39-3)18-23(21)40-28(36)22(19)17-26(33)32-14-11-30(12-15-32,20-8-5-4-6-9-20)29(37)31-13-7-10-27(34)35/h4-6,8-9,16,18H,7,10-15,17H2,1-3H3,(H,31,37)(H,34,35). The predicted molar refractivity (Wildman–Crippen MR) is 148 cm³/mol. The lowest BCUT2D eigenvalue weighted by molar-refractivity contribution is -0.137. The maximum atomic E-state index is 13.4. The second-order valence-electron chi connectivity index (χ2n) is 9.96. The number of rotatable bonds is 10. The van der Waals surface area contributed by atoms with Crippen molar-refractivity contribution in [1.82, 2.24) is 10.2 Å². The van der Waals surface area contributed by atoms with Crippen molar-refractivity contribution in [3.05, 3.63) is 69.6 Å². The van der Waals surface area contributed by atoms with Crippen molar-refractivity contribution in [3.63, 3.8) is 0 Å². The monoisotopic (exact) mass is 550 g/mol. The zero-order valence-electron chi connectivity index (χ0n) is 23.0. The van der Waals surface area contributed by atoms with Crippen LogP contribution in [0.15, 0.2) is 51.7 Å². The molecule has 1 aliphatic rings. The van der Waals surface area contributed by atoms with Gasteiger partial charge in [-0.1, -0.05) is 30.3 Å². The third kappa shape index (κ3) is 5.80. The molecule has 0 bridgehead atoms. The number of likely N-dealkylation sites (tertiary alicyclic amines) is 1. The van der Waals surface area contributed by atoms with Gasteiger partial charge in [-0.15, -0.1) is 0 Å². The number of carboxylic acid groups (broad SMARTS) is 1. The van der Waals surface area contributed by atoms with Gasteiger partial charge in [0.1, 0.15) is 5.58 Å². The molecule has 0 saturated carbocycles. The molecule has 0 atom stereocenters. The lowest BCUT2D eigenvalue weighted by Gasteiger charge is -2.41. The largest absolute Gasteiger partial charge is 0.493 e. The lowest BCUT2D eigenvalue weighted by atomic mass is 9.72. The second-order valence-corrected chi connectivity index (χ2v) is 9.96. The Balaban J connectivity index is 1.52. The first-order chi connectivity index (χ1) is 19.2. The maximum Gasteiger partial charge on any atom is 0.340 e. The number of nitrogens with one attached hydrogen (secondary N) is 1. The lowest BCUT2D eigenvalue weighted by Crippen LogP contribution is -2.53. The molecular formula is C30H34N2O8. The molecule has 1 fully saturated rings. The minimum absolute atomic E-state index is 0.0244. The average Bonchev–Trinajstić information content (AvgIpc) is 2.97. The van der Waals surface area contributed by atoms with Crippen LogP contribution in [0.3, 0.4) is 0 Å². The van der Waals surface area contributed by atoms with Gasteiger partial charge in [-0.05, 0) is 43.4 Å². The summed E-state index contributed by atoms with van der Waals surface area (Å²) in [5.74, 6) is -0.389. The van der Waals surface area contributed by atoms with Crippen LogP contribution in [-0.4, -0.2) is 61.6 Å². The molecule has 212 valence electrons. The van der Waals surface area contributed by atoms with E-state index in [1.54, 1.807) is 24.0 Å². The van der Waals surface area contributed by atoms with E-state index >= 15 is 0 Å². The third-order valence-electron chi connectivity index (χ3n) is 7.70. The summed E-state index contributed by atoms with van der Waals surface area (Å²) in [5, 5.41) is 12.4. The molecule has 10 heteroatoms. The Bertz CT molecular complexity index is 1460. The number of aryl methyl sites for hydroxylation is 1. The molecule has 2 aromatic carbocycles. The summed E-state index contributed by atoms with van der Waals surface area (Å²) >= 11 is 0. The summed E-state index contributed by atoms with van der Waals surface area (Å²) in [4.78, 5) is 52.2. The molecule has 40 heavy (non-hydrogen) atoms. The number of benzene rings is 2. The normalized spacial score (nSPS) is 14.5. The van der Waals surface area contributed by atoms with Crippen LogP contribution in [0.1, 0.15) is 42.4 Å². The molecule has 1 aromatic heterocycles. The summed E-state index contributed by atoms with van der Waals surface area (Å²) in [5.41, 5.74) is 0.693. The van der Waals surface area contributed by atoms with Crippen LogP contribution in [0.4, 0.5) is 0 Å². The number of fused-ring (bicyclic) bond motifs is 1. The maximum absolute atomic E-state index is 13.4. The Morgan fingerprint density at radius 1 is 1.05 bits per heavy atom. The van der Waals surface area contributed by atoms with Crippen LogP contribution in [0.5, 0.6) is 11.5 Å². The van der Waals surface area contributed by atoms with E-state index in [1.165, 1.54) is 14.2 Å². The number of nitrogens with zero attached hydrogens (tertiary/aromatic N) is 1. The highest BCUT2D eigenvalue weighted by molar-refractivity contribution is 5.90. The van der Waals surface area contributed by atoms with Gasteiger partial charge < -0.3 is 29.2 Å². The van der Waals surface area contributed by atoms with Gasteiger partial charge in [-0.2, -0.15) is 0 Å². The van der Waals surface area contributed by atoms with Crippen LogP contribution in [0.2, 0.25) is 0 Å². The second kappa shape index (κ2) is 12.2. The molecule has 2 heterocycles. The molecule has 1 aliphatic heterocycles.